The van der Waals surface area contributed by atoms with Gasteiger partial charge in [0.1, 0.15) is 22.6 Å². The van der Waals surface area contributed by atoms with Crippen molar-refractivity contribution in [2.45, 2.75) is 117 Å². The van der Waals surface area contributed by atoms with Crippen molar-refractivity contribution in [1.82, 2.24) is 39.9 Å². The molecule has 0 bridgehead atoms. The summed E-state index contributed by atoms with van der Waals surface area (Å²) >= 11 is 6.79. The number of benzene rings is 2. The molecular formula is C50H66Br2N12O9. The molecule has 73 heavy (non-hydrogen) atoms. The Labute approximate surface area is 443 Å². The Hall–Kier alpha value is -6.46. The predicted octanol–water partition coefficient (Wildman–Crippen LogP) is 9.75. The molecular weight excluding hydrogens is 1070 g/mol. The number of carbonyl (C=O) groups excluding carboxylic acids is 3. The number of carbonyl (C=O) groups is 3. The molecule has 6 heterocycles. The average molecular weight is 1140 g/mol. The lowest BCUT2D eigenvalue weighted by atomic mass is 10.1. The second kappa shape index (κ2) is 25.5. The highest BCUT2D eigenvalue weighted by atomic mass is 79.9. The molecule has 2 aromatic heterocycles. The molecule has 23 heteroatoms. The van der Waals surface area contributed by atoms with Crippen LogP contribution in [0.15, 0.2) is 71.7 Å². The second-order valence-electron chi connectivity index (χ2n) is 20.9. The van der Waals surface area contributed by atoms with Crippen molar-refractivity contribution in [3.8, 4) is 35.2 Å². The number of oxime groups is 1. The topological polar surface area (TPSA) is 276 Å². The van der Waals surface area contributed by atoms with E-state index in [1.54, 1.807) is 19.6 Å². The second-order valence-corrected chi connectivity index (χ2v) is 22.7. The molecule has 394 valence electrons. The van der Waals surface area contributed by atoms with Gasteiger partial charge in [0, 0.05) is 90.2 Å². The number of likely N-dealkylation sites (tertiary alicyclic amines) is 4. The molecule has 0 radical (unpaired) electrons. The number of nitrogens with two attached hydrogens (primary N) is 1. The first-order valence-electron chi connectivity index (χ1n) is 24.0. The van der Waals surface area contributed by atoms with Gasteiger partial charge in [-0.2, -0.15) is 20.5 Å². The third kappa shape index (κ3) is 18.2. The van der Waals surface area contributed by atoms with E-state index >= 15 is 0 Å². The van der Waals surface area contributed by atoms with Crippen LogP contribution in [-0.4, -0.2) is 138 Å². The maximum atomic E-state index is 12.1. The van der Waals surface area contributed by atoms with Gasteiger partial charge in [-0.05, 0) is 137 Å². The number of amidine groups is 1. The van der Waals surface area contributed by atoms with Crippen molar-refractivity contribution in [2.75, 3.05) is 52.4 Å². The van der Waals surface area contributed by atoms with Crippen LogP contribution in [-0.2, 0) is 14.2 Å². The number of aromatic nitrogens is 4. The molecule has 21 nitrogen and oxygen atoms in total. The van der Waals surface area contributed by atoms with E-state index in [9.17, 15) is 14.4 Å². The molecule has 0 saturated carbocycles. The van der Waals surface area contributed by atoms with Crippen LogP contribution in [0.3, 0.4) is 0 Å². The quantitative estimate of drug-likeness (QED) is 0.0469. The van der Waals surface area contributed by atoms with Crippen LogP contribution in [0.2, 0.25) is 0 Å². The number of halogens is 2. The molecule has 4 saturated heterocycles. The normalized spacial score (nSPS) is 19.8. The third-order valence-corrected chi connectivity index (χ3v) is 12.4. The summed E-state index contributed by atoms with van der Waals surface area (Å²) in [6.07, 6.45) is 4.37. The maximum Gasteiger partial charge on any atom is 0.410 e. The summed E-state index contributed by atoms with van der Waals surface area (Å²) in [6.45, 7) is 21.4. The fourth-order valence-electron chi connectivity index (χ4n) is 7.68. The van der Waals surface area contributed by atoms with Crippen molar-refractivity contribution in [2.24, 2.45) is 22.7 Å². The fourth-order valence-corrected chi connectivity index (χ4v) is 8.21. The Bertz CT molecular complexity index is 2570. The number of hydrogen-bond donors (Lipinski definition) is 2. The van der Waals surface area contributed by atoms with E-state index in [0.717, 1.165) is 45.9 Å². The zero-order chi connectivity index (χ0) is 53.7. The summed E-state index contributed by atoms with van der Waals surface area (Å²) in [4.78, 5) is 50.8. The van der Waals surface area contributed by atoms with Gasteiger partial charge in [0.2, 0.25) is 0 Å². The largest absolute Gasteiger partial charge is 0.444 e. The number of nitriles is 2. The minimum absolute atomic E-state index is 0.0254. The molecule has 3 N–H and O–H groups in total. The summed E-state index contributed by atoms with van der Waals surface area (Å²) < 4.78 is 28.5. The van der Waals surface area contributed by atoms with Gasteiger partial charge >= 0.3 is 18.3 Å². The molecule has 3 amide bonds. The first kappa shape index (κ1) is 57.4. The Balaban J connectivity index is 0.000000184. The van der Waals surface area contributed by atoms with Crippen molar-refractivity contribution < 1.29 is 42.8 Å². The molecule has 2 aromatic carbocycles. The predicted molar refractivity (Wildman–Crippen MR) is 275 cm³/mol. The van der Waals surface area contributed by atoms with Crippen molar-refractivity contribution in [1.29, 1.82) is 10.5 Å². The van der Waals surface area contributed by atoms with Crippen molar-refractivity contribution in [3.63, 3.8) is 0 Å². The lowest BCUT2D eigenvalue weighted by Crippen LogP contribution is -2.36. The molecule has 4 aliphatic heterocycles. The van der Waals surface area contributed by atoms with Crippen LogP contribution in [0.4, 0.5) is 14.4 Å². The Morgan fingerprint density at radius 2 is 1.05 bits per heavy atom. The van der Waals surface area contributed by atoms with Crippen LogP contribution in [0.5, 0.6) is 0 Å². The van der Waals surface area contributed by atoms with Crippen molar-refractivity contribution >= 4 is 56.0 Å². The van der Waals surface area contributed by atoms with E-state index in [-0.39, 0.29) is 47.8 Å². The summed E-state index contributed by atoms with van der Waals surface area (Å²) in [7, 11) is 0. The van der Waals surface area contributed by atoms with Gasteiger partial charge in [-0.15, -0.1) is 0 Å². The van der Waals surface area contributed by atoms with Gasteiger partial charge in [-0.1, -0.05) is 47.3 Å². The van der Waals surface area contributed by atoms with Gasteiger partial charge in [0.25, 0.3) is 11.8 Å². The highest BCUT2D eigenvalue weighted by Crippen LogP contribution is 2.30. The summed E-state index contributed by atoms with van der Waals surface area (Å²) in [5, 5.41) is 37.1. The minimum atomic E-state index is -0.494. The van der Waals surface area contributed by atoms with Gasteiger partial charge in [0.05, 0.1) is 12.0 Å². The van der Waals surface area contributed by atoms with Crippen LogP contribution in [0.25, 0.3) is 22.9 Å². The van der Waals surface area contributed by atoms with Crippen LogP contribution in [0, 0.1) is 34.6 Å². The number of amides is 3. The molecule has 4 aromatic rings. The third-order valence-electron chi connectivity index (χ3n) is 11.4. The zero-order valence-electron chi connectivity index (χ0n) is 42.9. The van der Waals surface area contributed by atoms with E-state index in [2.05, 4.69) is 69.6 Å². The maximum absolute atomic E-state index is 12.1. The van der Waals surface area contributed by atoms with E-state index in [1.807, 2.05) is 111 Å². The van der Waals surface area contributed by atoms with Gasteiger partial charge in [-0.25, -0.2) is 14.4 Å². The number of nitrogens with zero attached hydrogens (tertiary/aromatic N) is 11. The fraction of sp³-hybridized carbons (Fsp3) is 0.560. The molecule has 0 spiro atoms. The van der Waals surface area contributed by atoms with Crippen LogP contribution < -0.4 is 5.73 Å². The smallest absolute Gasteiger partial charge is 0.410 e. The standard InChI is InChI=1S/C17H20BrN3O3.C13H11BrN4O.C10H19N3O3.C10H16N2O2/c1-17(2,3)23-16(22)21-9-8-12(10-21)14-19-15(24-20-14)11-4-6-13(18)7-5-11;14-11-3-1-9(2-4-11)13-16-12(17-19-13)10-5-6-18(7-10)8-15;1-10(2,3)16-9(14)13-5-4-7(6-13)8(11)12-15;1-10(2,3)14-9(13)12-5-4-8(6-11)7-12/h4-7,12H,8-10H2,1-3H3;1-4,10H,5-7H2;7,15H,4-6H2,1-3H3,(H2,11,12);8H,4-5,7H2,1-3H3. The SMILES string of the molecule is CC(C)(C)OC(=O)N1CCC(/C(N)=N/O)C1.CC(C)(C)OC(=O)N1CCC(C#N)C1.CC(C)(C)OC(=O)N1CCC(c2noc(-c3ccc(Br)cc3)n2)C1.N#CN1CCC(c2noc(-c3ccc(Br)cc3)n2)C1. The summed E-state index contributed by atoms with van der Waals surface area (Å²) in [6, 6.07) is 17.6. The summed E-state index contributed by atoms with van der Waals surface area (Å²) in [5.74, 6) is 2.69. The van der Waals surface area contributed by atoms with E-state index in [0.29, 0.717) is 75.7 Å². The molecule has 4 atom stereocenters. The molecule has 0 aliphatic carbocycles. The van der Waals surface area contributed by atoms with E-state index in [4.69, 9.17) is 44.7 Å². The molecule has 8 rings (SSSR count). The van der Waals surface area contributed by atoms with Gasteiger partial charge in [-0.3, -0.25) is 0 Å². The minimum Gasteiger partial charge on any atom is -0.444 e. The molecule has 4 aliphatic rings. The highest BCUT2D eigenvalue weighted by molar-refractivity contribution is 9.10. The number of ether oxygens (including phenoxy) is 3. The number of hydrogen-bond acceptors (Lipinski definition) is 17. The van der Waals surface area contributed by atoms with E-state index < -0.39 is 16.8 Å². The Kier molecular flexibility index (Phi) is 20.0. The van der Waals surface area contributed by atoms with Gasteiger partial charge in [0.15, 0.2) is 17.8 Å². The monoisotopic (exact) mass is 1140 g/mol. The molecule has 4 fully saturated rings. The van der Waals surface area contributed by atoms with Gasteiger partial charge < -0.3 is 53.8 Å². The molecule has 4 unspecified atom stereocenters. The zero-order valence-corrected chi connectivity index (χ0v) is 46.1. The number of rotatable bonds is 5. The van der Waals surface area contributed by atoms with Crippen LogP contribution >= 0.6 is 31.9 Å². The van der Waals surface area contributed by atoms with Crippen LogP contribution in [0.1, 0.15) is 111 Å². The Morgan fingerprint density at radius 1 is 0.644 bits per heavy atom. The van der Waals surface area contributed by atoms with Crippen molar-refractivity contribution in [3.05, 3.63) is 69.1 Å². The highest BCUT2D eigenvalue weighted by Gasteiger charge is 2.35. The van der Waals surface area contributed by atoms with E-state index in [1.165, 1.54) is 0 Å². The summed E-state index contributed by atoms with van der Waals surface area (Å²) in [5.41, 5.74) is 5.82. The first-order valence-corrected chi connectivity index (χ1v) is 25.6. The Morgan fingerprint density at radius 3 is 1.47 bits per heavy atom. The lowest BCUT2D eigenvalue weighted by Gasteiger charge is -2.24. The lowest BCUT2D eigenvalue weighted by molar-refractivity contribution is 0.0281. The first-order chi connectivity index (χ1) is 34.3. The average Bonchev–Trinajstić information content (AvgIpc) is 4.18.